The van der Waals surface area contributed by atoms with Gasteiger partial charge in [0.2, 0.25) is 5.91 Å². The minimum Gasteiger partial charge on any atom is -0.483 e. The largest absolute Gasteiger partial charge is 0.483 e. The van der Waals surface area contributed by atoms with E-state index >= 15 is 0 Å². The van der Waals surface area contributed by atoms with Crippen molar-refractivity contribution in [3.8, 4) is 11.5 Å². The number of hydrogen-bond acceptors (Lipinski definition) is 4. The predicted molar refractivity (Wildman–Crippen MR) is 118 cm³/mol. The van der Waals surface area contributed by atoms with Crippen LogP contribution in [0.15, 0.2) is 48.5 Å². The zero-order chi connectivity index (χ0) is 21.8. The maximum Gasteiger partial charge on any atom is 0.258 e. The van der Waals surface area contributed by atoms with Gasteiger partial charge in [0.25, 0.3) is 5.91 Å². The lowest BCUT2D eigenvalue weighted by Gasteiger charge is -2.24. The molecule has 1 atom stereocenters. The summed E-state index contributed by atoms with van der Waals surface area (Å²) in [6, 6.07) is 14.9. The second-order valence-electron chi connectivity index (χ2n) is 8.91. The molecule has 1 N–H and O–H groups in total. The Bertz CT molecular complexity index is 936. The van der Waals surface area contributed by atoms with E-state index in [0.717, 1.165) is 43.5 Å². The SMILES string of the molecule is CC1(C)Cc2cccc(OCC(=O)NC(Cc3ccccc3)C(=O)N3CCCC3)c2O1. The Morgan fingerprint density at radius 1 is 1.10 bits per heavy atom. The van der Waals surface area contributed by atoms with E-state index < -0.39 is 6.04 Å². The summed E-state index contributed by atoms with van der Waals surface area (Å²) in [5.74, 6) is 0.918. The number of para-hydroxylation sites is 1. The highest BCUT2D eigenvalue weighted by Gasteiger charge is 2.33. The summed E-state index contributed by atoms with van der Waals surface area (Å²) in [7, 11) is 0. The number of nitrogens with one attached hydrogen (secondary N) is 1. The van der Waals surface area contributed by atoms with E-state index in [1.54, 1.807) is 0 Å². The zero-order valence-electron chi connectivity index (χ0n) is 18.2. The maximum atomic E-state index is 13.0. The molecule has 2 aliphatic heterocycles. The lowest BCUT2D eigenvalue weighted by Crippen LogP contribution is -2.50. The topological polar surface area (TPSA) is 67.9 Å². The Hall–Kier alpha value is -3.02. The van der Waals surface area contributed by atoms with Gasteiger partial charge in [0.1, 0.15) is 11.6 Å². The third-order valence-electron chi connectivity index (χ3n) is 5.75. The van der Waals surface area contributed by atoms with E-state index in [1.165, 1.54) is 0 Å². The van der Waals surface area contributed by atoms with Gasteiger partial charge < -0.3 is 19.7 Å². The van der Waals surface area contributed by atoms with E-state index in [-0.39, 0.29) is 24.0 Å². The van der Waals surface area contributed by atoms with Crippen molar-refractivity contribution in [3.63, 3.8) is 0 Å². The van der Waals surface area contributed by atoms with Crippen molar-refractivity contribution in [2.24, 2.45) is 0 Å². The number of likely N-dealkylation sites (tertiary alicyclic amines) is 1. The molecule has 4 rings (SSSR count). The second kappa shape index (κ2) is 9.00. The fourth-order valence-electron chi connectivity index (χ4n) is 4.29. The van der Waals surface area contributed by atoms with Crippen molar-refractivity contribution in [3.05, 3.63) is 59.7 Å². The summed E-state index contributed by atoms with van der Waals surface area (Å²) in [6.07, 6.45) is 3.28. The first-order chi connectivity index (χ1) is 14.9. The molecule has 0 spiro atoms. The van der Waals surface area contributed by atoms with Crippen LogP contribution in [0.25, 0.3) is 0 Å². The quantitative estimate of drug-likeness (QED) is 0.745. The van der Waals surface area contributed by atoms with Gasteiger partial charge in [-0.3, -0.25) is 9.59 Å². The molecule has 1 unspecified atom stereocenters. The number of carbonyl (C=O) groups is 2. The van der Waals surface area contributed by atoms with Crippen LogP contribution in [-0.2, 0) is 22.4 Å². The van der Waals surface area contributed by atoms with Crippen molar-refractivity contribution in [2.45, 2.75) is 51.2 Å². The van der Waals surface area contributed by atoms with Crippen LogP contribution in [0.1, 0.15) is 37.8 Å². The summed E-state index contributed by atoms with van der Waals surface area (Å²) < 4.78 is 11.8. The molecule has 6 nitrogen and oxygen atoms in total. The normalized spacial score (nSPS) is 17.5. The van der Waals surface area contributed by atoms with Crippen molar-refractivity contribution < 1.29 is 19.1 Å². The number of rotatable bonds is 7. The summed E-state index contributed by atoms with van der Waals surface area (Å²) in [6.45, 7) is 5.39. The van der Waals surface area contributed by atoms with E-state index in [1.807, 2.05) is 67.3 Å². The van der Waals surface area contributed by atoms with Crippen LogP contribution in [0.4, 0.5) is 0 Å². The van der Waals surface area contributed by atoms with Gasteiger partial charge in [-0.1, -0.05) is 42.5 Å². The summed E-state index contributed by atoms with van der Waals surface area (Å²) in [5, 5.41) is 2.90. The Kier molecular flexibility index (Phi) is 6.16. The summed E-state index contributed by atoms with van der Waals surface area (Å²) in [5.41, 5.74) is 1.80. The van der Waals surface area contributed by atoms with Crippen LogP contribution in [0.2, 0.25) is 0 Å². The molecule has 2 heterocycles. The van der Waals surface area contributed by atoms with Gasteiger partial charge in [-0.2, -0.15) is 0 Å². The van der Waals surface area contributed by atoms with E-state index in [0.29, 0.717) is 17.9 Å². The average molecular weight is 423 g/mol. The standard InChI is InChI=1S/C25H30N2O4/c1-25(2)16-19-11-8-12-21(23(19)31-25)30-17-22(28)26-20(15-18-9-4-3-5-10-18)24(29)27-13-6-7-14-27/h3-5,8-12,20H,6-7,13-17H2,1-2H3,(H,26,28). The van der Waals surface area contributed by atoms with Crippen molar-refractivity contribution in [1.29, 1.82) is 0 Å². The van der Waals surface area contributed by atoms with Crippen LogP contribution in [0.3, 0.4) is 0 Å². The zero-order valence-corrected chi connectivity index (χ0v) is 18.2. The van der Waals surface area contributed by atoms with Gasteiger partial charge in [0.15, 0.2) is 18.1 Å². The molecular formula is C25H30N2O4. The summed E-state index contributed by atoms with van der Waals surface area (Å²) in [4.78, 5) is 27.6. The van der Waals surface area contributed by atoms with Gasteiger partial charge in [-0.05, 0) is 38.3 Å². The number of carbonyl (C=O) groups excluding carboxylic acids is 2. The Morgan fingerprint density at radius 3 is 2.58 bits per heavy atom. The van der Waals surface area contributed by atoms with E-state index in [2.05, 4.69) is 5.32 Å². The molecule has 2 aromatic rings. The minimum absolute atomic E-state index is 0.0274. The van der Waals surface area contributed by atoms with Crippen LogP contribution in [0.5, 0.6) is 11.5 Å². The number of hydrogen-bond donors (Lipinski definition) is 1. The van der Waals surface area contributed by atoms with Crippen LogP contribution < -0.4 is 14.8 Å². The molecule has 0 radical (unpaired) electrons. The molecule has 2 amide bonds. The molecule has 2 aromatic carbocycles. The number of benzene rings is 2. The van der Waals surface area contributed by atoms with Gasteiger partial charge in [0, 0.05) is 31.5 Å². The van der Waals surface area contributed by atoms with E-state index in [4.69, 9.17) is 9.47 Å². The third-order valence-corrected chi connectivity index (χ3v) is 5.75. The molecule has 0 saturated carbocycles. The predicted octanol–water partition coefficient (Wildman–Crippen LogP) is 3.13. The smallest absolute Gasteiger partial charge is 0.258 e. The monoisotopic (exact) mass is 422 g/mol. The highest BCUT2D eigenvalue weighted by atomic mass is 16.5. The molecule has 0 aromatic heterocycles. The highest BCUT2D eigenvalue weighted by Crippen LogP contribution is 2.41. The first kappa shape index (κ1) is 21.2. The molecule has 1 saturated heterocycles. The van der Waals surface area contributed by atoms with Gasteiger partial charge in [-0.15, -0.1) is 0 Å². The van der Waals surface area contributed by atoms with Crippen LogP contribution >= 0.6 is 0 Å². The van der Waals surface area contributed by atoms with Crippen molar-refractivity contribution in [2.75, 3.05) is 19.7 Å². The van der Waals surface area contributed by atoms with Crippen molar-refractivity contribution >= 4 is 11.8 Å². The lowest BCUT2D eigenvalue weighted by atomic mass is 10.0. The third kappa shape index (κ3) is 5.19. The average Bonchev–Trinajstić information content (AvgIpc) is 3.38. The van der Waals surface area contributed by atoms with Crippen LogP contribution in [-0.4, -0.2) is 48.1 Å². The van der Waals surface area contributed by atoms with Gasteiger partial charge in [-0.25, -0.2) is 0 Å². The molecule has 6 heteroatoms. The molecule has 2 aliphatic rings. The Labute approximate surface area is 183 Å². The van der Waals surface area contributed by atoms with E-state index in [9.17, 15) is 9.59 Å². The molecular weight excluding hydrogens is 392 g/mol. The van der Waals surface area contributed by atoms with Crippen LogP contribution in [0, 0.1) is 0 Å². The first-order valence-corrected chi connectivity index (χ1v) is 11.0. The molecule has 164 valence electrons. The Balaban J connectivity index is 1.41. The lowest BCUT2D eigenvalue weighted by molar-refractivity contribution is -0.136. The minimum atomic E-state index is -0.603. The molecule has 1 fully saturated rings. The molecule has 0 bridgehead atoms. The number of fused-ring (bicyclic) bond motifs is 1. The fraction of sp³-hybridized carbons (Fsp3) is 0.440. The Morgan fingerprint density at radius 2 is 1.84 bits per heavy atom. The summed E-state index contributed by atoms with van der Waals surface area (Å²) >= 11 is 0. The number of amides is 2. The second-order valence-corrected chi connectivity index (χ2v) is 8.91. The molecule has 0 aliphatic carbocycles. The first-order valence-electron chi connectivity index (χ1n) is 11.0. The highest BCUT2D eigenvalue weighted by molar-refractivity contribution is 5.88. The number of nitrogens with zero attached hydrogens (tertiary/aromatic N) is 1. The van der Waals surface area contributed by atoms with Gasteiger partial charge >= 0.3 is 0 Å². The maximum absolute atomic E-state index is 13.0. The fourth-order valence-corrected chi connectivity index (χ4v) is 4.29. The van der Waals surface area contributed by atoms with Gasteiger partial charge in [0.05, 0.1) is 0 Å². The van der Waals surface area contributed by atoms with Crippen molar-refractivity contribution in [1.82, 2.24) is 10.2 Å². The molecule has 31 heavy (non-hydrogen) atoms. The number of ether oxygens (including phenoxy) is 2.